The summed E-state index contributed by atoms with van der Waals surface area (Å²) in [7, 11) is 0. The van der Waals surface area contributed by atoms with E-state index in [0.29, 0.717) is 11.8 Å². The maximum Gasteiger partial charge on any atom is 0.314 e. The fraction of sp³-hybridized carbons (Fsp3) is 0.733. The van der Waals surface area contributed by atoms with Crippen LogP contribution in [0, 0.1) is 5.92 Å². The van der Waals surface area contributed by atoms with Gasteiger partial charge < -0.3 is 19.8 Å². The highest BCUT2D eigenvalue weighted by Gasteiger charge is 2.35. The van der Waals surface area contributed by atoms with Crippen molar-refractivity contribution in [3.63, 3.8) is 0 Å². The largest absolute Gasteiger partial charge is 0.481 e. The van der Waals surface area contributed by atoms with Gasteiger partial charge in [0.15, 0.2) is 11.6 Å². The molecule has 2 N–H and O–H groups in total. The molecule has 0 saturated carbocycles. The van der Waals surface area contributed by atoms with E-state index in [1.165, 1.54) is 0 Å². The molecule has 7 nitrogen and oxygen atoms in total. The molecule has 1 aromatic rings. The molecule has 3 heterocycles. The van der Waals surface area contributed by atoms with Gasteiger partial charge in [-0.3, -0.25) is 9.69 Å². The lowest BCUT2D eigenvalue weighted by molar-refractivity contribution is -0.140. The van der Waals surface area contributed by atoms with Crippen molar-refractivity contribution in [2.75, 3.05) is 44.2 Å². The van der Waals surface area contributed by atoms with E-state index in [0.717, 1.165) is 45.1 Å². The van der Waals surface area contributed by atoms with Crippen LogP contribution in [-0.4, -0.2) is 66.4 Å². The second-order valence-corrected chi connectivity index (χ2v) is 6.49. The first-order valence-electron chi connectivity index (χ1n) is 7.95. The van der Waals surface area contributed by atoms with Crippen molar-refractivity contribution in [2.24, 2.45) is 5.92 Å². The Balaban J connectivity index is 1.60. The molecule has 3 rings (SSSR count). The smallest absolute Gasteiger partial charge is 0.314 e. The highest BCUT2D eigenvalue weighted by molar-refractivity contribution is 5.75. The van der Waals surface area contributed by atoms with Crippen molar-refractivity contribution in [3.05, 3.63) is 11.8 Å². The molecule has 0 bridgehead atoms. The summed E-state index contributed by atoms with van der Waals surface area (Å²) in [5.41, 5.74) is 0. The average Bonchev–Trinajstić information content (AvgIpc) is 2.86. The Kier molecular flexibility index (Phi) is 4.35. The van der Waals surface area contributed by atoms with Crippen molar-refractivity contribution in [1.29, 1.82) is 0 Å². The quantitative estimate of drug-likeness (QED) is 0.824. The Bertz CT molecular complexity index is 519. The van der Waals surface area contributed by atoms with Crippen molar-refractivity contribution >= 4 is 11.8 Å². The zero-order chi connectivity index (χ0) is 15.7. The Morgan fingerprint density at radius 3 is 2.68 bits per heavy atom. The molecule has 1 aromatic heterocycles. The van der Waals surface area contributed by atoms with E-state index in [4.69, 9.17) is 4.52 Å². The number of piperazine rings is 1. The van der Waals surface area contributed by atoms with Crippen LogP contribution >= 0.6 is 0 Å². The van der Waals surface area contributed by atoms with E-state index in [-0.39, 0.29) is 5.92 Å². The molecule has 0 aromatic carbocycles. The number of carboxylic acids is 1. The minimum atomic E-state index is -0.861. The molecule has 2 saturated heterocycles. The molecule has 22 heavy (non-hydrogen) atoms. The van der Waals surface area contributed by atoms with Crippen LogP contribution in [0.4, 0.5) is 5.82 Å². The number of anilines is 1. The van der Waals surface area contributed by atoms with Gasteiger partial charge in [-0.2, -0.15) is 0 Å². The summed E-state index contributed by atoms with van der Waals surface area (Å²) in [6.45, 7) is 9.93. The van der Waals surface area contributed by atoms with Crippen LogP contribution in [0.3, 0.4) is 0 Å². The van der Waals surface area contributed by atoms with Crippen molar-refractivity contribution in [2.45, 2.75) is 25.8 Å². The van der Waals surface area contributed by atoms with Gasteiger partial charge in [-0.25, -0.2) is 0 Å². The molecule has 2 fully saturated rings. The topological polar surface area (TPSA) is 81.8 Å². The molecule has 1 unspecified atom stereocenters. The third kappa shape index (κ3) is 2.96. The van der Waals surface area contributed by atoms with Gasteiger partial charge in [0.2, 0.25) is 0 Å². The Morgan fingerprint density at radius 2 is 2.09 bits per heavy atom. The molecule has 2 aliphatic heterocycles. The number of rotatable bonds is 5. The maximum atomic E-state index is 11.3. The van der Waals surface area contributed by atoms with Crippen molar-refractivity contribution in [3.8, 4) is 0 Å². The monoisotopic (exact) mass is 308 g/mol. The summed E-state index contributed by atoms with van der Waals surface area (Å²) in [6.07, 6.45) is 0. The fourth-order valence-corrected chi connectivity index (χ4v) is 3.23. The molecule has 0 aliphatic carbocycles. The third-order valence-electron chi connectivity index (χ3n) is 4.61. The first-order valence-corrected chi connectivity index (χ1v) is 7.95. The lowest BCUT2D eigenvalue weighted by Crippen LogP contribution is -2.63. The molecular formula is C15H24N4O3. The summed E-state index contributed by atoms with van der Waals surface area (Å²) < 4.78 is 5.29. The van der Waals surface area contributed by atoms with E-state index in [2.05, 4.69) is 20.3 Å². The molecule has 0 radical (unpaired) electrons. The fourth-order valence-electron chi connectivity index (χ4n) is 3.23. The van der Waals surface area contributed by atoms with Crippen LogP contribution in [0.1, 0.15) is 25.5 Å². The van der Waals surface area contributed by atoms with Gasteiger partial charge in [-0.15, -0.1) is 0 Å². The van der Waals surface area contributed by atoms with Crippen LogP contribution in [0.25, 0.3) is 0 Å². The number of carboxylic acid groups (broad SMARTS) is 1. The van der Waals surface area contributed by atoms with Crippen LogP contribution in [0.5, 0.6) is 0 Å². The number of hydrogen-bond acceptors (Lipinski definition) is 6. The van der Waals surface area contributed by atoms with Gasteiger partial charge in [0, 0.05) is 51.4 Å². The van der Waals surface area contributed by atoms with Gasteiger partial charge in [0.1, 0.15) is 5.92 Å². The number of nitrogens with zero attached hydrogens (tertiary/aromatic N) is 3. The van der Waals surface area contributed by atoms with Gasteiger partial charge in [0.25, 0.3) is 0 Å². The predicted molar refractivity (Wildman–Crippen MR) is 82.2 cm³/mol. The lowest BCUT2D eigenvalue weighted by Gasteiger charge is -2.46. The SMILES string of the molecule is CC(C)C(C(=O)O)c1cc(N2CC(N3CCNCC3)C2)no1. The van der Waals surface area contributed by atoms with E-state index < -0.39 is 11.9 Å². The molecular weight excluding hydrogens is 284 g/mol. The summed E-state index contributed by atoms with van der Waals surface area (Å²) in [4.78, 5) is 16.0. The Morgan fingerprint density at radius 1 is 1.41 bits per heavy atom. The third-order valence-corrected chi connectivity index (χ3v) is 4.61. The van der Waals surface area contributed by atoms with Crippen molar-refractivity contribution < 1.29 is 14.4 Å². The summed E-state index contributed by atoms with van der Waals surface area (Å²) in [6, 6.07) is 2.36. The summed E-state index contributed by atoms with van der Waals surface area (Å²) >= 11 is 0. The Labute approximate surface area is 130 Å². The standard InChI is InChI=1S/C15H24N4O3/c1-10(2)14(15(20)21)12-7-13(17-22-12)19-8-11(9-19)18-5-3-16-4-6-18/h7,10-11,14,16H,3-6,8-9H2,1-2H3,(H,20,21). The molecule has 7 heteroatoms. The second-order valence-electron chi connectivity index (χ2n) is 6.49. The zero-order valence-corrected chi connectivity index (χ0v) is 13.2. The number of aliphatic carboxylic acids is 1. The zero-order valence-electron chi connectivity index (χ0n) is 13.2. The summed E-state index contributed by atoms with van der Waals surface area (Å²) in [5, 5.41) is 16.7. The Hall–Kier alpha value is -1.60. The number of carbonyl (C=O) groups is 1. The van der Waals surface area contributed by atoms with Crippen molar-refractivity contribution in [1.82, 2.24) is 15.4 Å². The van der Waals surface area contributed by atoms with Crippen LogP contribution in [-0.2, 0) is 4.79 Å². The molecule has 122 valence electrons. The highest BCUT2D eigenvalue weighted by Crippen LogP contribution is 2.30. The number of aromatic nitrogens is 1. The highest BCUT2D eigenvalue weighted by atomic mass is 16.5. The average molecular weight is 308 g/mol. The van der Waals surface area contributed by atoms with Crippen LogP contribution in [0.15, 0.2) is 10.6 Å². The van der Waals surface area contributed by atoms with E-state index in [9.17, 15) is 9.90 Å². The van der Waals surface area contributed by atoms with E-state index in [1.807, 2.05) is 13.8 Å². The molecule has 0 amide bonds. The van der Waals surface area contributed by atoms with Gasteiger partial charge >= 0.3 is 5.97 Å². The van der Waals surface area contributed by atoms with Gasteiger partial charge in [-0.05, 0) is 5.92 Å². The first kappa shape index (κ1) is 15.3. The number of hydrogen-bond donors (Lipinski definition) is 2. The molecule has 0 spiro atoms. The predicted octanol–water partition coefficient (Wildman–Crippen LogP) is 0.593. The minimum Gasteiger partial charge on any atom is -0.481 e. The summed E-state index contributed by atoms with van der Waals surface area (Å²) in [5.74, 6) is -0.314. The molecule has 1 atom stereocenters. The van der Waals surface area contributed by atoms with Gasteiger partial charge in [-0.1, -0.05) is 19.0 Å². The van der Waals surface area contributed by atoms with E-state index >= 15 is 0 Å². The maximum absolute atomic E-state index is 11.3. The van der Waals surface area contributed by atoms with Crippen LogP contribution < -0.4 is 10.2 Å². The van der Waals surface area contributed by atoms with E-state index in [1.54, 1.807) is 6.07 Å². The van der Waals surface area contributed by atoms with Crippen LogP contribution in [0.2, 0.25) is 0 Å². The first-order chi connectivity index (χ1) is 10.6. The number of nitrogens with one attached hydrogen (secondary N) is 1. The second kappa shape index (κ2) is 6.26. The normalized spacial score (nSPS) is 21.9. The lowest BCUT2D eigenvalue weighted by atomic mass is 9.93. The molecule has 2 aliphatic rings. The van der Waals surface area contributed by atoms with Gasteiger partial charge in [0.05, 0.1) is 0 Å². The minimum absolute atomic E-state index is 0.0247.